The van der Waals surface area contributed by atoms with Crippen LogP contribution in [0.15, 0.2) is 52.0 Å². The van der Waals surface area contributed by atoms with Gasteiger partial charge in [-0.05, 0) is 40.2 Å². The molecule has 0 heterocycles. The van der Waals surface area contributed by atoms with Crippen LogP contribution in [0.25, 0.3) is 0 Å². The molecule has 0 aromatic heterocycles. The number of carbonyl (C=O) groups is 1. The molecule has 2 aromatic carbocycles. The second-order valence-electron chi connectivity index (χ2n) is 4.07. The standard InChI is InChI=1S/C15H12BrClN2O2/c1-21-11-6-7-13(16)12(8-11)15(20)19-18-9-10-4-2-3-5-14(10)17/h2-9H,1H3,(H,19,20)/b18-9-. The van der Waals surface area contributed by atoms with Crippen LogP contribution in [0.2, 0.25) is 5.02 Å². The van der Waals surface area contributed by atoms with E-state index in [1.165, 1.54) is 6.21 Å². The van der Waals surface area contributed by atoms with Crippen LogP contribution in [0.5, 0.6) is 5.75 Å². The van der Waals surface area contributed by atoms with Crippen molar-refractivity contribution in [1.82, 2.24) is 5.43 Å². The van der Waals surface area contributed by atoms with E-state index in [-0.39, 0.29) is 5.91 Å². The molecule has 0 atom stereocenters. The molecular formula is C15H12BrClN2O2. The Balaban J connectivity index is 2.10. The molecule has 108 valence electrons. The van der Waals surface area contributed by atoms with E-state index >= 15 is 0 Å². The Kier molecular flexibility index (Phi) is 5.36. The molecule has 0 aliphatic rings. The molecule has 0 aliphatic heterocycles. The lowest BCUT2D eigenvalue weighted by Crippen LogP contribution is -2.18. The maximum Gasteiger partial charge on any atom is 0.272 e. The van der Waals surface area contributed by atoms with E-state index < -0.39 is 0 Å². The van der Waals surface area contributed by atoms with Crippen molar-refractivity contribution >= 4 is 39.7 Å². The second-order valence-corrected chi connectivity index (χ2v) is 5.33. The smallest absolute Gasteiger partial charge is 0.272 e. The van der Waals surface area contributed by atoms with Crippen LogP contribution in [0, 0.1) is 0 Å². The largest absolute Gasteiger partial charge is 0.497 e. The molecule has 0 saturated carbocycles. The number of ether oxygens (including phenoxy) is 1. The number of amides is 1. The quantitative estimate of drug-likeness (QED) is 0.659. The highest BCUT2D eigenvalue weighted by atomic mass is 79.9. The molecule has 0 bridgehead atoms. The predicted octanol–water partition coefficient (Wildman–Crippen LogP) is 3.88. The van der Waals surface area contributed by atoms with Crippen LogP contribution in [0.1, 0.15) is 15.9 Å². The van der Waals surface area contributed by atoms with Gasteiger partial charge < -0.3 is 4.74 Å². The van der Waals surface area contributed by atoms with E-state index in [4.69, 9.17) is 16.3 Å². The van der Waals surface area contributed by atoms with E-state index in [0.717, 1.165) is 5.56 Å². The highest BCUT2D eigenvalue weighted by Gasteiger charge is 2.10. The summed E-state index contributed by atoms with van der Waals surface area (Å²) in [5, 5.41) is 4.47. The van der Waals surface area contributed by atoms with Crippen LogP contribution in [0.3, 0.4) is 0 Å². The third kappa shape index (κ3) is 4.06. The zero-order valence-electron chi connectivity index (χ0n) is 11.1. The maximum absolute atomic E-state index is 12.1. The lowest BCUT2D eigenvalue weighted by Gasteiger charge is -2.05. The average molecular weight is 368 g/mol. The Hall–Kier alpha value is -1.85. The van der Waals surface area contributed by atoms with Crippen molar-refractivity contribution < 1.29 is 9.53 Å². The number of rotatable bonds is 4. The Bertz CT molecular complexity index is 689. The minimum absolute atomic E-state index is 0.343. The number of nitrogens with one attached hydrogen (secondary N) is 1. The van der Waals surface area contributed by atoms with Crippen molar-refractivity contribution in [3.63, 3.8) is 0 Å². The van der Waals surface area contributed by atoms with Gasteiger partial charge >= 0.3 is 0 Å². The topological polar surface area (TPSA) is 50.7 Å². The van der Waals surface area contributed by atoms with Crippen molar-refractivity contribution in [3.05, 3.63) is 63.1 Å². The van der Waals surface area contributed by atoms with Gasteiger partial charge in [0, 0.05) is 15.1 Å². The lowest BCUT2D eigenvalue weighted by atomic mass is 10.2. The van der Waals surface area contributed by atoms with Gasteiger partial charge in [0.25, 0.3) is 5.91 Å². The van der Waals surface area contributed by atoms with Gasteiger partial charge in [0.2, 0.25) is 0 Å². The SMILES string of the molecule is COc1ccc(Br)c(C(=O)N/N=C\c2ccccc2Cl)c1. The van der Waals surface area contributed by atoms with E-state index in [1.54, 1.807) is 37.4 Å². The minimum atomic E-state index is -0.343. The molecule has 21 heavy (non-hydrogen) atoms. The summed E-state index contributed by atoms with van der Waals surface area (Å²) in [6.07, 6.45) is 1.49. The fourth-order valence-electron chi connectivity index (χ4n) is 1.61. The Morgan fingerprint density at radius 2 is 2.10 bits per heavy atom. The van der Waals surface area contributed by atoms with Crippen molar-refractivity contribution in [2.45, 2.75) is 0 Å². The summed E-state index contributed by atoms with van der Waals surface area (Å²) in [7, 11) is 1.54. The third-order valence-electron chi connectivity index (χ3n) is 2.69. The Morgan fingerprint density at radius 1 is 1.33 bits per heavy atom. The van der Waals surface area contributed by atoms with Gasteiger partial charge in [0.15, 0.2) is 0 Å². The maximum atomic E-state index is 12.1. The highest BCUT2D eigenvalue weighted by Crippen LogP contribution is 2.22. The molecule has 0 aliphatic carbocycles. The summed E-state index contributed by atoms with van der Waals surface area (Å²) in [5.74, 6) is 0.252. The Morgan fingerprint density at radius 3 is 2.81 bits per heavy atom. The van der Waals surface area contributed by atoms with Crippen LogP contribution in [-0.2, 0) is 0 Å². The van der Waals surface area contributed by atoms with Crippen LogP contribution >= 0.6 is 27.5 Å². The number of benzene rings is 2. The van der Waals surface area contributed by atoms with E-state index in [1.807, 2.05) is 12.1 Å². The van der Waals surface area contributed by atoms with Gasteiger partial charge in [-0.25, -0.2) is 5.43 Å². The summed E-state index contributed by atoms with van der Waals surface area (Å²) in [6.45, 7) is 0. The first-order valence-electron chi connectivity index (χ1n) is 6.03. The molecule has 0 fully saturated rings. The molecule has 2 rings (SSSR count). The van der Waals surface area contributed by atoms with Crippen molar-refractivity contribution in [2.24, 2.45) is 5.10 Å². The van der Waals surface area contributed by atoms with E-state index in [2.05, 4.69) is 26.5 Å². The van der Waals surface area contributed by atoms with Gasteiger partial charge in [-0.2, -0.15) is 5.10 Å². The van der Waals surface area contributed by atoms with Gasteiger partial charge in [0.1, 0.15) is 5.75 Å². The van der Waals surface area contributed by atoms with Crippen molar-refractivity contribution in [2.75, 3.05) is 7.11 Å². The molecule has 0 radical (unpaired) electrons. The van der Waals surface area contributed by atoms with Crippen molar-refractivity contribution in [3.8, 4) is 5.75 Å². The van der Waals surface area contributed by atoms with Crippen molar-refractivity contribution in [1.29, 1.82) is 0 Å². The van der Waals surface area contributed by atoms with Gasteiger partial charge in [0.05, 0.1) is 18.9 Å². The summed E-state index contributed by atoms with van der Waals surface area (Å²) < 4.78 is 5.75. The molecule has 0 spiro atoms. The third-order valence-corrected chi connectivity index (χ3v) is 3.73. The summed E-state index contributed by atoms with van der Waals surface area (Å²) in [4.78, 5) is 12.1. The van der Waals surface area contributed by atoms with E-state index in [9.17, 15) is 4.79 Å². The number of hydrogen-bond acceptors (Lipinski definition) is 3. The zero-order valence-corrected chi connectivity index (χ0v) is 13.5. The number of halogens is 2. The van der Waals surface area contributed by atoms with Gasteiger partial charge in [-0.15, -0.1) is 0 Å². The Labute approximate surface area is 135 Å². The number of hydrazone groups is 1. The lowest BCUT2D eigenvalue weighted by molar-refractivity contribution is 0.0954. The highest BCUT2D eigenvalue weighted by molar-refractivity contribution is 9.10. The summed E-state index contributed by atoms with van der Waals surface area (Å²) in [5.41, 5.74) is 3.61. The number of carbonyl (C=O) groups excluding carboxylic acids is 1. The number of nitrogens with zero attached hydrogens (tertiary/aromatic N) is 1. The molecule has 1 N–H and O–H groups in total. The molecule has 2 aromatic rings. The fourth-order valence-corrected chi connectivity index (χ4v) is 2.22. The first-order chi connectivity index (χ1) is 10.1. The van der Waals surface area contributed by atoms with Crippen LogP contribution in [0.4, 0.5) is 0 Å². The average Bonchev–Trinajstić information content (AvgIpc) is 2.49. The molecule has 6 heteroatoms. The van der Waals surface area contributed by atoms with Gasteiger partial charge in [-0.3, -0.25) is 4.79 Å². The molecular weight excluding hydrogens is 356 g/mol. The van der Waals surface area contributed by atoms with Crippen LogP contribution < -0.4 is 10.2 Å². The first-order valence-corrected chi connectivity index (χ1v) is 7.20. The first kappa shape index (κ1) is 15.5. The normalized spacial score (nSPS) is 10.6. The van der Waals surface area contributed by atoms with Crippen LogP contribution in [-0.4, -0.2) is 19.2 Å². The number of methoxy groups -OCH3 is 1. The molecule has 0 saturated heterocycles. The molecule has 0 unspecified atom stereocenters. The predicted molar refractivity (Wildman–Crippen MR) is 87.2 cm³/mol. The zero-order chi connectivity index (χ0) is 15.2. The number of hydrogen-bond donors (Lipinski definition) is 1. The van der Waals surface area contributed by atoms with E-state index in [0.29, 0.717) is 20.8 Å². The van der Waals surface area contributed by atoms with Gasteiger partial charge in [-0.1, -0.05) is 29.8 Å². The second kappa shape index (κ2) is 7.24. The molecule has 1 amide bonds. The monoisotopic (exact) mass is 366 g/mol. The summed E-state index contributed by atoms with van der Waals surface area (Å²) >= 11 is 9.31. The minimum Gasteiger partial charge on any atom is -0.497 e. The fraction of sp³-hybridized carbons (Fsp3) is 0.0667. The summed E-state index contributed by atoms with van der Waals surface area (Å²) in [6, 6.07) is 12.4. The molecule has 4 nitrogen and oxygen atoms in total.